The average molecular weight is 380 g/mol. The lowest BCUT2D eigenvalue weighted by Gasteiger charge is -2.28. The SMILES string of the molecule is CC(C)CNC(=O)c1ccc(NC(=O)CC(C)C2CCCNC2)cc1Cl. The number of anilines is 1. The summed E-state index contributed by atoms with van der Waals surface area (Å²) in [5.41, 5.74) is 1.04. The van der Waals surface area contributed by atoms with Crippen LogP contribution in [0.3, 0.4) is 0 Å². The molecule has 1 aliphatic rings. The summed E-state index contributed by atoms with van der Waals surface area (Å²) in [5.74, 6) is 1.04. The number of hydrogen-bond donors (Lipinski definition) is 3. The van der Waals surface area contributed by atoms with Crippen molar-refractivity contribution in [2.75, 3.05) is 25.0 Å². The van der Waals surface area contributed by atoms with Crippen molar-refractivity contribution in [1.82, 2.24) is 10.6 Å². The van der Waals surface area contributed by atoms with E-state index in [0.717, 1.165) is 13.1 Å². The van der Waals surface area contributed by atoms with Crippen molar-refractivity contribution in [3.05, 3.63) is 28.8 Å². The van der Waals surface area contributed by atoms with Crippen LogP contribution in [0.4, 0.5) is 5.69 Å². The molecular weight excluding hydrogens is 350 g/mol. The maximum absolute atomic E-state index is 12.3. The molecule has 2 unspecified atom stereocenters. The van der Waals surface area contributed by atoms with Crippen molar-refractivity contribution in [3.8, 4) is 0 Å². The number of carbonyl (C=O) groups is 2. The highest BCUT2D eigenvalue weighted by atomic mass is 35.5. The number of nitrogens with one attached hydrogen (secondary N) is 3. The molecule has 2 amide bonds. The van der Waals surface area contributed by atoms with Crippen LogP contribution >= 0.6 is 11.6 Å². The van der Waals surface area contributed by atoms with Crippen LogP contribution in [0, 0.1) is 17.8 Å². The van der Waals surface area contributed by atoms with E-state index < -0.39 is 0 Å². The van der Waals surface area contributed by atoms with Crippen LogP contribution in [0.2, 0.25) is 5.02 Å². The fourth-order valence-electron chi connectivity index (χ4n) is 3.20. The van der Waals surface area contributed by atoms with Crippen molar-refractivity contribution >= 4 is 29.1 Å². The third-order valence-corrected chi connectivity index (χ3v) is 5.13. The second-order valence-electron chi connectivity index (χ2n) is 7.63. The largest absolute Gasteiger partial charge is 0.352 e. The van der Waals surface area contributed by atoms with Gasteiger partial charge < -0.3 is 16.0 Å². The van der Waals surface area contributed by atoms with Crippen LogP contribution in [0.5, 0.6) is 0 Å². The Balaban J connectivity index is 1.89. The molecule has 0 bridgehead atoms. The Hall–Kier alpha value is -1.59. The highest BCUT2D eigenvalue weighted by Crippen LogP contribution is 2.24. The monoisotopic (exact) mass is 379 g/mol. The predicted octanol–water partition coefficient (Wildman–Crippen LogP) is 3.69. The summed E-state index contributed by atoms with van der Waals surface area (Å²) in [6, 6.07) is 5.01. The molecule has 0 aliphatic carbocycles. The highest BCUT2D eigenvalue weighted by Gasteiger charge is 2.22. The highest BCUT2D eigenvalue weighted by molar-refractivity contribution is 6.34. The first-order chi connectivity index (χ1) is 12.4. The molecule has 0 spiro atoms. The summed E-state index contributed by atoms with van der Waals surface area (Å²) in [6.07, 6.45) is 2.83. The van der Waals surface area contributed by atoms with Gasteiger partial charge in [0.1, 0.15) is 0 Å². The lowest BCUT2D eigenvalue weighted by molar-refractivity contribution is -0.117. The molecule has 1 aromatic rings. The minimum atomic E-state index is -0.194. The van der Waals surface area contributed by atoms with E-state index in [1.54, 1.807) is 18.2 Å². The number of piperidine rings is 1. The van der Waals surface area contributed by atoms with E-state index in [1.165, 1.54) is 12.8 Å². The first kappa shape index (κ1) is 20.7. The predicted molar refractivity (Wildman–Crippen MR) is 107 cm³/mol. The summed E-state index contributed by atoms with van der Waals surface area (Å²) in [4.78, 5) is 24.5. The maximum Gasteiger partial charge on any atom is 0.252 e. The standard InChI is InChI=1S/C20H30ClN3O2/c1-13(2)11-23-20(26)17-7-6-16(10-18(17)21)24-19(25)9-14(3)15-5-4-8-22-12-15/h6-7,10,13-15,22H,4-5,8-9,11-12H2,1-3H3,(H,23,26)(H,24,25). The molecular formula is C20H30ClN3O2. The van der Waals surface area contributed by atoms with Crippen molar-refractivity contribution in [3.63, 3.8) is 0 Å². The molecule has 26 heavy (non-hydrogen) atoms. The molecule has 1 aliphatic heterocycles. The van der Waals surface area contributed by atoms with Gasteiger partial charge in [0.25, 0.3) is 5.91 Å². The van der Waals surface area contributed by atoms with Gasteiger partial charge in [-0.1, -0.05) is 32.4 Å². The van der Waals surface area contributed by atoms with E-state index in [4.69, 9.17) is 11.6 Å². The molecule has 5 nitrogen and oxygen atoms in total. The molecule has 0 radical (unpaired) electrons. The Morgan fingerprint density at radius 1 is 1.31 bits per heavy atom. The second kappa shape index (κ2) is 9.93. The lowest BCUT2D eigenvalue weighted by Crippen LogP contribution is -2.34. The number of amides is 2. The van der Waals surface area contributed by atoms with E-state index in [-0.39, 0.29) is 11.8 Å². The molecule has 144 valence electrons. The topological polar surface area (TPSA) is 70.2 Å². The Kier molecular flexibility index (Phi) is 7.91. The van der Waals surface area contributed by atoms with E-state index in [0.29, 0.717) is 47.0 Å². The Morgan fingerprint density at radius 3 is 2.69 bits per heavy atom. The smallest absolute Gasteiger partial charge is 0.252 e. The van der Waals surface area contributed by atoms with Gasteiger partial charge in [-0.05, 0) is 61.9 Å². The first-order valence-electron chi connectivity index (χ1n) is 9.45. The third-order valence-electron chi connectivity index (χ3n) is 4.82. The second-order valence-corrected chi connectivity index (χ2v) is 8.04. The van der Waals surface area contributed by atoms with Crippen LogP contribution in [0.15, 0.2) is 18.2 Å². The van der Waals surface area contributed by atoms with Crippen LogP contribution < -0.4 is 16.0 Å². The number of benzene rings is 1. The maximum atomic E-state index is 12.3. The van der Waals surface area contributed by atoms with Gasteiger partial charge in [-0.2, -0.15) is 0 Å². The lowest BCUT2D eigenvalue weighted by atomic mass is 9.85. The summed E-state index contributed by atoms with van der Waals surface area (Å²) in [5, 5.41) is 9.47. The van der Waals surface area contributed by atoms with Gasteiger partial charge in [0, 0.05) is 18.7 Å². The zero-order valence-electron chi connectivity index (χ0n) is 15.9. The van der Waals surface area contributed by atoms with E-state index in [2.05, 4.69) is 22.9 Å². The van der Waals surface area contributed by atoms with Crippen molar-refractivity contribution in [2.24, 2.45) is 17.8 Å². The minimum Gasteiger partial charge on any atom is -0.352 e. The number of hydrogen-bond acceptors (Lipinski definition) is 3. The molecule has 3 N–H and O–H groups in total. The van der Waals surface area contributed by atoms with Crippen molar-refractivity contribution in [1.29, 1.82) is 0 Å². The fraction of sp³-hybridized carbons (Fsp3) is 0.600. The van der Waals surface area contributed by atoms with E-state index in [1.807, 2.05) is 13.8 Å². The molecule has 2 atom stereocenters. The van der Waals surface area contributed by atoms with Crippen molar-refractivity contribution < 1.29 is 9.59 Å². The van der Waals surface area contributed by atoms with Gasteiger partial charge >= 0.3 is 0 Å². The Labute approximate surface area is 161 Å². The zero-order valence-corrected chi connectivity index (χ0v) is 16.7. The fourth-order valence-corrected chi connectivity index (χ4v) is 3.47. The van der Waals surface area contributed by atoms with Crippen LogP contribution in [-0.4, -0.2) is 31.4 Å². The minimum absolute atomic E-state index is 0.0175. The molecule has 1 heterocycles. The van der Waals surface area contributed by atoms with Crippen LogP contribution in [-0.2, 0) is 4.79 Å². The molecule has 2 rings (SSSR count). The summed E-state index contributed by atoms with van der Waals surface area (Å²) >= 11 is 6.23. The number of halogens is 1. The van der Waals surface area contributed by atoms with Crippen LogP contribution in [0.1, 0.15) is 50.4 Å². The summed E-state index contributed by atoms with van der Waals surface area (Å²) in [7, 11) is 0. The Bertz CT molecular complexity index is 627. The number of carbonyl (C=O) groups excluding carboxylic acids is 2. The summed E-state index contributed by atoms with van der Waals surface area (Å²) in [6.45, 7) is 8.86. The molecule has 1 fully saturated rings. The molecule has 6 heteroatoms. The van der Waals surface area contributed by atoms with Gasteiger partial charge in [-0.15, -0.1) is 0 Å². The molecule has 0 aromatic heterocycles. The van der Waals surface area contributed by atoms with Crippen molar-refractivity contribution in [2.45, 2.75) is 40.0 Å². The third kappa shape index (κ3) is 6.29. The van der Waals surface area contributed by atoms with Gasteiger partial charge in [0.15, 0.2) is 0 Å². The van der Waals surface area contributed by atoms with E-state index >= 15 is 0 Å². The van der Waals surface area contributed by atoms with E-state index in [9.17, 15) is 9.59 Å². The van der Waals surface area contributed by atoms with Gasteiger partial charge in [0.2, 0.25) is 5.91 Å². The van der Waals surface area contributed by atoms with Gasteiger partial charge in [-0.3, -0.25) is 9.59 Å². The molecule has 1 aromatic carbocycles. The number of rotatable bonds is 7. The van der Waals surface area contributed by atoms with Gasteiger partial charge in [-0.25, -0.2) is 0 Å². The molecule has 1 saturated heterocycles. The normalized spacial score (nSPS) is 18.4. The zero-order chi connectivity index (χ0) is 19.1. The quantitative estimate of drug-likeness (QED) is 0.676. The first-order valence-corrected chi connectivity index (χ1v) is 9.83. The Morgan fingerprint density at radius 2 is 2.08 bits per heavy atom. The molecule has 0 saturated carbocycles. The average Bonchev–Trinajstić information content (AvgIpc) is 2.60. The van der Waals surface area contributed by atoms with Gasteiger partial charge in [0.05, 0.1) is 10.6 Å². The summed E-state index contributed by atoms with van der Waals surface area (Å²) < 4.78 is 0. The van der Waals surface area contributed by atoms with Crippen LogP contribution in [0.25, 0.3) is 0 Å².